The molecule has 4 nitrogen and oxygen atoms in total. The average molecular weight is 283 g/mol. The molecule has 1 aromatic carbocycles. The number of nitriles is 1. The molecule has 0 bridgehead atoms. The summed E-state index contributed by atoms with van der Waals surface area (Å²) in [6, 6.07) is 7.84. The van der Waals surface area contributed by atoms with Crippen LogP contribution in [0, 0.1) is 25.2 Å². The van der Waals surface area contributed by atoms with E-state index in [1.54, 1.807) is 17.7 Å². The minimum Gasteiger partial charge on any atom is -0.297 e. The average Bonchev–Trinajstić information content (AvgIpc) is 2.92. The van der Waals surface area contributed by atoms with E-state index in [9.17, 15) is 4.79 Å². The summed E-state index contributed by atoms with van der Waals surface area (Å²) in [5, 5.41) is 14.0. The number of nitrogens with one attached hydrogen (secondary N) is 1. The maximum atomic E-state index is 12.0. The molecule has 0 aliphatic heterocycles. The van der Waals surface area contributed by atoms with Crippen LogP contribution in [0.2, 0.25) is 0 Å². The molecule has 1 amide bonds. The summed E-state index contributed by atoms with van der Waals surface area (Å²) in [5.41, 5.74) is 3.04. The predicted octanol–water partition coefficient (Wildman–Crippen LogP) is 3.31. The lowest BCUT2D eigenvalue weighted by molar-refractivity contribution is -0.112. The van der Waals surface area contributed by atoms with Gasteiger partial charge in [0.25, 0.3) is 5.91 Å². The highest BCUT2D eigenvalue weighted by molar-refractivity contribution is 7.13. The van der Waals surface area contributed by atoms with E-state index < -0.39 is 5.91 Å². The van der Waals surface area contributed by atoms with E-state index in [0.29, 0.717) is 5.13 Å². The van der Waals surface area contributed by atoms with Gasteiger partial charge in [-0.2, -0.15) is 5.26 Å². The number of aromatic nitrogens is 1. The maximum Gasteiger partial charge on any atom is 0.268 e. The molecular weight excluding hydrogens is 270 g/mol. The monoisotopic (exact) mass is 283 g/mol. The van der Waals surface area contributed by atoms with Gasteiger partial charge in [0.2, 0.25) is 0 Å². The van der Waals surface area contributed by atoms with Gasteiger partial charge in [-0.25, -0.2) is 4.98 Å². The molecule has 0 aliphatic carbocycles. The van der Waals surface area contributed by atoms with Crippen molar-refractivity contribution in [1.29, 1.82) is 5.26 Å². The van der Waals surface area contributed by atoms with Crippen LogP contribution in [0.5, 0.6) is 0 Å². The number of nitrogens with zero attached hydrogens (tertiary/aromatic N) is 2. The molecule has 0 saturated heterocycles. The predicted molar refractivity (Wildman–Crippen MR) is 80.2 cm³/mol. The number of anilines is 1. The van der Waals surface area contributed by atoms with Crippen LogP contribution in [0.3, 0.4) is 0 Å². The summed E-state index contributed by atoms with van der Waals surface area (Å²) < 4.78 is 0. The fourth-order valence-corrected chi connectivity index (χ4v) is 2.19. The Morgan fingerprint density at radius 3 is 2.90 bits per heavy atom. The third-order valence-corrected chi connectivity index (χ3v) is 3.44. The second-order valence-corrected chi connectivity index (χ2v) is 5.22. The van der Waals surface area contributed by atoms with E-state index in [4.69, 9.17) is 5.26 Å². The highest BCUT2D eigenvalue weighted by atomic mass is 32.1. The molecule has 100 valence electrons. The lowest BCUT2D eigenvalue weighted by Gasteiger charge is -2.04. The highest BCUT2D eigenvalue weighted by Crippen LogP contribution is 2.16. The van der Waals surface area contributed by atoms with Crippen LogP contribution in [0.1, 0.15) is 16.7 Å². The second kappa shape index (κ2) is 6.13. The summed E-state index contributed by atoms with van der Waals surface area (Å²) in [6.45, 7) is 3.91. The smallest absolute Gasteiger partial charge is 0.268 e. The zero-order valence-electron chi connectivity index (χ0n) is 11.2. The molecular formula is C15H13N3OS. The van der Waals surface area contributed by atoms with Crippen LogP contribution in [0.25, 0.3) is 6.08 Å². The van der Waals surface area contributed by atoms with E-state index in [1.807, 2.05) is 38.1 Å². The Kier molecular flexibility index (Phi) is 4.28. The van der Waals surface area contributed by atoms with Gasteiger partial charge in [-0.05, 0) is 31.1 Å². The molecule has 20 heavy (non-hydrogen) atoms. The molecule has 0 radical (unpaired) electrons. The normalized spacial score (nSPS) is 10.9. The molecule has 1 heterocycles. The molecule has 0 unspecified atom stereocenters. The standard InChI is InChI=1S/C15H13N3OS/c1-10-3-4-11(2)12(7-10)8-13(9-16)14(19)18-15-17-5-6-20-15/h3-8H,1-2H3,(H,17,18,19)/b13-8+. The first-order chi connectivity index (χ1) is 9.60. The number of thiazole rings is 1. The first kappa shape index (κ1) is 14.0. The van der Waals surface area contributed by atoms with Crippen LogP contribution < -0.4 is 5.32 Å². The summed E-state index contributed by atoms with van der Waals surface area (Å²) in [6.07, 6.45) is 3.20. The molecule has 1 aromatic heterocycles. The quantitative estimate of drug-likeness (QED) is 0.694. The van der Waals surface area contributed by atoms with E-state index in [1.165, 1.54) is 11.3 Å². The highest BCUT2D eigenvalue weighted by Gasteiger charge is 2.11. The van der Waals surface area contributed by atoms with Gasteiger partial charge < -0.3 is 0 Å². The first-order valence-electron chi connectivity index (χ1n) is 6.00. The van der Waals surface area contributed by atoms with E-state index in [-0.39, 0.29) is 5.57 Å². The Hall–Kier alpha value is -2.45. The Labute approximate surface area is 121 Å². The van der Waals surface area contributed by atoms with Gasteiger partial charge in [-0.3, -0.25) is 10.1 Å². The van der Waals surface area contributed by atoms with Gasteiger partial charge in [-0.15, -0.1) is 11.3 Å². The van der Waals surface area contributed by atoms with Crippen molar-refractivity contribution in [2.24, 2.45) is 0 Å². The van der Waals surface area contributed by atoms with Gasteiger partial charge in [0.15, 0.2) is 5.13 Å². The van der Waals surface area contributed by atoms with Gasteiger partial charge in [0.1, 0.15) is 11.6 Å². The Bertz CT molecular complexity index is 696. The van der Waals surface area contributed by atoms with Crippen LogP contribution in [-0.4, -0.2) is 10.9 Å². The van der Waals surface area contributed by atoms with Crippen molar-refractivity contribution in [3.63, 3.8) is 0 Å². The topological polar surface area (TPSA) is 65.8 Å². The number of rotatable bonds is 3. The zero-order valence-corrected chi connectivity index (χ0v) is 12.0. The number of aryl methyl sites for hydroxylation is 2. The summed E-state index contributed by atoms with van der Waals surface area (Å²) >= 11 is 1.31. The minimum atomic E-state index is -0.441. The van der Waals surface area contributed by atoms with Crippen molar-refractivity contribution in [1.82, 2.24) is 4.98 Å². The Balaban J connectivity index is 2.27. The number of benzene rings is 1. The Morgan fingerprint density at radius 2 is 2.25 bits per heavy atom. The number of hydrogen-bond donors (Lipinski definition) is 1. The SMILES string of the molecule is Cc1ccc(C)c(/C=C(\C#N)C(=O)Nc2nccs2)c1. The number of hydrogen-bond acceptors (Lipinski definition) is 4. The molecule has 0 saturated carbocycles. The fraction of sp³-hybridized carbons (Fsp3) is 0.133. The summed E-state index contributed by atoms with van der Waals surface area (Å²) in [7, 11) is 0. The van der Waals surface area contributed by atoms with Gasteiger partial charge in [0, 0.05) is 11.6 Å². The lowest BCUT2D eigenvalue weighted by atomic mass is 10.0. The molecule has 1 N–H and O–H groups in total. The van der Waals surface area contributed by atoms with Crippen molar-refractivity contribution in [3.8, 4) is 6.07 Å². The van der Waals surface area contributed by atoms with E-state index >= 15 is 0 Å². The molecule has 0 fully saturated rings. The third-order valence-electron chi connectivity index (χ3n) is 2.75. The first-order valence-corrected chi connectivity index (χ1v) is 6.88. The van der Waals surface area contributed by atoms with Gasteiger partial charge in [0.05, 0.1) is 0 Å². The molecule has 5 heteroatoms. The summed E-state index contributed by atoms with van der Waals surface area (Å²) in [4.78, 5) is 16.0. The zero-order chi connectivity index (χ0) is 14.5. The second-order valence-electron chi connectivity index (χ2n) is 4.32. The van der Waals surface area contributed by atoms with Gasteiger partial charge in [-0.1, -0.05) is 23.8 Å². The molecule has 2 aromatic rings. The largest absolute Gasteiger partial charge is 0.297 e. The summed E-state index contributed by atoms with van der Waals surface area (Å²) in [5.74, 6) is -0.441. The minimum absolute atomic E-state index is 0.0638. The molecule has 0 aliphatic rings. The van der Waals surface area contributed by atoms with Crippen LogP contribution in [-0.2, 0) is 4.79 Å². The van der Waals surface area contributed by atoms with E-state index in [2.05, 4.69) is 10.3 Å². The lowest BCUT2D eigenvalue weighted by Crippen LogP contribution is -2.13. The van der Waals surface area contributed by atoms with Crippen molar-refractivity contribution in [3.05, 3.63) is 52.0 Å². The van der Waals surface area contributed by atoms with Crippen molar-refractivity contribution >= 4 is 28.5 Å². The van der Waals surface area contributed by atoms with Crippen LogP contribution in [0.4, 0.5) is 5.13 Å². The Morgan fingerprint density at radius 1 is 1.45 bits per heavy atom. The van der Waals surface area contributed by atoms with Gasteiger partial charge >= 0.3 is 0 Å². The number of carbonyl (C=O) groups is 1. The van der Waals surface area contributed by atoms with Crippen molar-refractivity contribution in [2.45, 2.75) is 13.8 Å². The van der Waals surface area contributed by atoms with Crippen LogP contribution in [0.15, 0.2) is 35.3 Å². The fourth-order valence-electron chi connectivity index (χ4n) is 1.67. The van der Waals surface area contributed by atoms with Crippen molar-refractivity contribution < 1.29 is 4.79 Å². The van der Waals surface area contributed by atoms with Crippen LogP contribution >= 0.6 is 11.3 Å². The maximum absolute atomic E-state index is 12.0. The molecule has 0 atom stereocenters. The van der Waals surface area contributed by atoms with E-state index in [0.717, 1.165) is 16.7 Å². The molecule has 2 rings (SSSR count). The molecule has 0 spiro atoms. The number of carbonyl (C=O) groups excluding carboxylic acids is 1. The number of amides is 1. The van der Waals surface area contributed by atoms with Crippen molar-refractivity contribution in [2.75, 3.05) is 5.32 Å². The third kappa shape index (κ3) is 3.31.